The number of carbonyl (C=O) groups excluding carboxylic acids is 2. The maximum absolute atomic E-state index is 11.8. The first kappa shape index (κ1) is 14.8. The maximum atomic E-state index is 11.8. The van der Waals surface area contributed by atoms with E-state index < -0.39 is 6.09 Å². The van der Waals surface area contributed by atoms with Gasteiger partial charge in [-0.3, -0.25) is 10.1 Å². The maximum Gasteiger partial charge on any atom is 0.411 e. The predicted molar refractivity (Wildman–Crippen MR) is 89.6 cm³/mol. The van der Waals surface area contributed by atoms with Crippen molar-refractivity contribution in [3.8, 4) is 0 Å². The van der Waals surface area contributed by atoms with Gasteiger partial charge in [-0.1, -0.05) is 48.5 Å². The summed E-state index contributed by atoms with van der Waals surface area (Å²) in [5.74, 6) is 0. The summed E-state index contributed by atoms with van der Waals surface area (Å²) in [6, 6.07) is 20.4. The molecule has 0 fully saturated rings. The Kier molecular flexibility index (Phi) is 4.34. The number of benzene rings is 3. The second-order valence-corrected chi connectivity index (χ2v) is 5.13. The highest BCUT2D eigenvalue weighted by atomic mass is 16.5. The summed E-state index contributed by atoms with van der Waals surface area (Å²) in [6.07, 6.45) is 0.310. The van der Waals surface area contributed by atoms with E-state index in [9.17, 15) is 9.59 Å². The summed E-state index contributed by atoms with van der Waals surface area (Å²) in [4.78, 5) is 22.6. The van der Waals surface area contributed by atoms with Gasteiger partial charge in [0.25, 0.3) is 0 Å². The third-order valence-corrected chi connectivity index (χ3v) is 3.46. The Morgan fingerprint density at radius 1 is 0.957 bits per heavy atom. The van der Waals surface area contributed by atoms with Gasteiger partial charge in [-0.15, -0.1) is 0 Å². The molecule has 0 atom stereocenters. The molecular formula is C19H15NO3. The molecule has 3 aromatic carbocycles. The first-order chi connectivity index (χ1) is 11.2. The van der Waals surface area contributed by atoms with E-state index >= 15 is 0 Å². The molecule has 0 aliphatic heterocycles. The molecule has 1 amide bonds. The SMILES string of the molecule is O=Cc1ccc2cc(NC(=O)OCc3ccccc3)ccc2c1. The third-order valence-electron chi connectivity index (χ3n) is 3.46. The van der Waals surface area contributed by atoms with Crippen molar-refractivity contribution in [2.75, 3.05) is 5.32 Å². The molecule has 114 valence electrons. The van der Waals surface area contributed by atoms with Crippen molar-refractivity contribution in [1.82, 2.24) is 0 Å². The lowest BCUT2D eigenvalue weighted by atomic mass is 10.1. The zero-order valence-corrected chi connectivity index (χ0v) is 12.4. The molecule has 0 heterocycles. The Morgan fingerprint density at radius 2 is 1.70 bits per heavy atom. The van der Waals surface area contributed by atoms with E-state index in [4.69, 9.17) is 4.74 Å². The first-order valence-corrected chi connectivity index (χ1v) is 7.21. The lowest BCUT2D eigenvalue weighted by Gasteiger charge is -2.08. The highest BCUT2D eigenvalue weighted by Crippen LogP contribution is 2.20. The summed E-state index contributed by atoms with van der Waals surface area (Å²) in [5.41, 5.74) is 2.21. The number of nitrogens with one attached hydrogen (secondary N) is 1. The number of hydrogen-bond acceptors (Lipinski definition) is 3. The summed E-state index contributed by atoms with van der Waals surface area (Å²) >= 11 is 0. The first-order valence-electron chi connectivity index (χ1n) is 7.21. The van der Waals surface area contributed by atoms with Crippen LogP contribution in [0.15, 0.2) is 66.7 Å². The molecule has 0 radical (unpaired) electrons. The van der Waals surface area contributed by atoms with Crippen molar-refractivity contribution in [3.05, 3.63) is 77.9 Å². The number of fused-ring (bicyclic) bond motifs is 1. The van der Waals surface area contributed by atoms with Gasteiger partial charge >= 0.3 is 6.09 Å². The van der Waals surface area contributed by atoms with E-state index in [0.29, 0.717) is 11.3 Å². The monoisotopic (exact) mass is 305 g/mol. The van der Waals surface area contributed by atoms with E-state index in [-0.39, 0.29) is 6.61 Å². The fraction of sp³-hybridized carbons (Fsp3) is 0.0526. The minimum atomic E-state index is -0.502. The second kappa shape index (κ2) is 6.75. The van der Waals surface area contributed by atoms with Crippen LogP contribution in [-0.4, -0.2) is 12.4 Å². The van der Waals surface area contributed by atoms with E-state index in [1.54, 1.807) is 18.2 Å². The smallest absolute Gasteiger partial charge is 0.411 e. The van der Waals surface area contributed by atoms with Crippen molar-refractivity contribution >= 4 is 28.8 Å². The average Bonchev–Trinajstić information content (AvgIpc) is 2.60. The van der Waals surface area contributed by atoms with E-state index in [2.05, 4.69) is 5.32 Å². The Labute approximate surface area is 133 Å². The largest absolute Gasteiger partial charge is 0.444 e. The molecule has 3 aromatic rings. The van der Waals surface area contributed by atoms with Crippen LogP contribution in [0.2, 0.25) is 0 Å². The number of anilines is 1. The zero-order chi connectivity index (χ0) is 16.1. The highest BCUT2D eigenvalue weighted by Gasteiger charge is 2.05. The van der Waals surface area contributed by atoms with Crippen LogP contribution >= 0.6 is 0 Å². The molecule has 0 bridgehead atoms. The number of ether oxygens (including phenoxy) is 1. The Bertz CT molecular complexity index is 844. The molecule has 1 N–H and O–H groups in total. The highest BCUT2D eigenvalue weighted by molar-refractivity contribution is 5.93. The summed E-state index contributed by atoms with van der Waals surface area (Å²) < 4.78 is 5.18. The zero-order valence-electron chi connectivity index (χ0n) is 12.4. The van der Waals surface area contributed by atoms with E-state index in [0.717, 1.165) is 22.6 Å². The lowest BCUT2D eigenvalue weighted by molar-refractivity contribution is 0.112. The fourth-order valence-electron chi connectivity index (χ4n) is 2.29. The molecule has 0 spiro atoms. The molecule has 0 unspecified atom stereocenters. The minimum absolute atomic E-state index is 0.225. The third kappa shape index (κ3) is 3.74. The molecule has 4 nitrogen and oxygen atoms in total. The van der Waals surface area contributed by atoms with Crippen LogP contribution in [0.4, 0.5) is 10.5 Å². The van der Waals surface area contributed by atoms with Crippen LogP contribution < -0.4 is 5.32 Å². The molecule has 3 rings (SSSR count). The van der Waals surface area contributed by atoms with Crippen molar-refractivity contribution in [3.63, 3.8) is 0 Å². The molecule has 0 saturated heterocycles. The van der Waals surface area contributed by atoms with Gasteiger partial charge in [0.05, 0.1) is 0 Å². The molecule has 0 aromatic heterocycles. The average molecular weight is 305 g/mol. The molecule has 0 aliphatic carbocycles. The topological polar surface area (TPSA) is 55.4 Å². The van der Waals surface area contributed by atoms with Crippen molar-refractivity contribution in [2.24, 2.45) is 0 Å². The van der Waals surface area contributed by atoms with Gasteiger partial charge in [0.2, 0.25) is 0 Å². The number of hydrogen-bond donors (Lipinski definition) is 1. The predicted octanol–water partition coefficient (Wildman–Crippen LogP) is 4.40. The van der Waals surface area contributed by atoms with E-state index in [1.165, 1.54) is 0 Å². The Balaban J connectivity index is 1.66. The van der Waals surface area contributed by atoms with Gasteiger partial charge < -0.3 is 4.74 Å². The number of carbonyl (C=O) groups is 2. The van der Waals surface area contributed by atoms with Crippen molar-refractivity contribution < 1.29 is 14.3 Å². The number of aldehydes is 1. The quantitative estimate of drug-likeness (QED) is 0.727. The normalized spacial score (nSPS) is 10.3. The van der Waals surface area contributed by atoms with Crippen LogP contribution in [0.25, 0.3) is 10.8 Å². The number of amides is 1. The summed E-state index contributed by atoms with van der Waals surface area (Å²) in [7, 11) is 0. The number of rotatable bonds is 4. The second-order valence-electron chi connectivity index (χ2n) is 5.13. The van der Waals surface area contributed by atoms with Gasteiger partial charge in [0.1, 0.15) is 12.9 Å². The van der Waals surface area contributed by atoms with Gasteiger partial charge in [-0.05, 0) is 34.5 Å². The summed E-state index contributed by atoms with van der Waals surface area (Å²) in [6.45, 7) is 0.225. The van der Waals surface area contributed by atoms with Gasteiger partial charge in [-0.2, -0.15) is 0 Å². The lowest BCUT2D eigenvalue weighted by Crippen LogP contribution is -2.13. The molecule has 4 heteroatoms. The Hall–Kier alpha value is -3.14. The van der Waals surface area contributed by atoms with Crippen molar-refractivity contribution in [2.45, 2.75) is 6.61 Å². The summed E-state index contributed by atoms with van der Waals surface area (Å²) in [5, 5.41) is 4.59. The van der Waals surface area contributed by atoms with Crippen LogP contribution in [0.5, 0.6) is 0 Å². The van der Waals surface area contributed by atoms with E-state index in [1.807, 2.05) is 48.5 Å². The molecule has 23 heavy (non-hydrogen) atoms. The molecule has 0 aliphatic rings. The van der Waals surface area contributed by atoms with Crippen LogP contribution in [0, 0.1) is 0 Å². The molecule has 0 saturated carbocycles. The Morgan fingerprint density at radius 3 is 2.48 bits per heavy atom. The van der Waals surface area contributed by atoms with Crippen molar-refractivity contribution in [1.29, 1.82) is 0 Å². The fourth-order valence-corrected chi connectivity index (χ4v) is 2.29. The van der Waals surface area contributed by atoms with Gasteiger partial charge in [-0.25, -0.2) is 4.79 Å². The minimum Gasteiger partial charge on any atom is -0.444 e. The van der Waals surface area contributed by atoms with Gasteiger partial charge in [0, 0.05) is 11.3 Å². The van der Waals surface area contributed by atoms with Crippen LogP contribution in [0.3, 0.4) is 0 Å². The molecular weight excluding hydrogens is 290 g/mol. The van der Waals surface area contributed by atoms with Crippen LogP contribution in [-0.2, 0) is 11.3 Å². The van der Waals surface area contributed by atoms with Crippen LogP contribution in [0.1, 0.15) is 15.9 Å². The van der Waals surface area contributed by atoms with Gasteiger partial charge in [0.15, 0.2) is 0 Å². The standard InChI is InChI=1S/C19H15NO3/c21-12-15-6-7-17-11-18(9-8-16(17)10-15)20-19(22)23-13-14-4-2-1-3-5-14/h1-12H,13H2,(H,20,22).